The number of hydrogen-bond acceptors (Lipinski definition) is 1. The van der Waals surface area contributed by atoms with Crippen LogP contribution in [0, 0.1) is 11.2 Å². The van der Waals surface area contributed by atoms with Crippen LogP contribution in [0.3, 0.4) is 0 Å². The molecule has 0 aliphatic heterocycles. The molecule has 0 amide bonds. The molecule has 90 valence electrons. The second-order valence-corrected chi connectivity index (χ2v) is 6.19. The highest BCUT2D eigenvalue weighted by atomic mass is 79.9. The molecule has 0 saturated carbocycles. The van der Waals surface area contributed by atoms with E-state index >= 15 is 0 Å². The predicted octanol–water partition coefficient (Wildman–Crippen LogP) is 4.28. The maximum absolute atomic E-state index is 13.1. The Hall–Kier alpha value is -0.410. The molecule has 1 rings (SSSR count). The Morgan fingerprint density at radius 3 is 2.50 bits per heavy atom. The van der Waals surface area contributed by atoms with Gasteiger partial charge in [0.15, 0.2) is 0 Å². The summed E-state index contributed by atoms with van der Waals surface area (Å²) in [7, 11) is 0. The summed E-state index contributed by atoms with van der Waals surface area (Å²) in [6.45, 7) is 9.59. The van der Waals surface area contributed by atoms with Gasteiger partial charge in [-0.05, 0) is 46.0 Å². The van der Waals surface area contributed by atoms with Crippen LogP contribution in [0.5, 0.6) is 0 Å². The van der Waals surface area contributed by atoms with E-state index in [1.54, 1.807) is 0 Å². The van der Waals surface area contributed by atoms with Crippen LogP contribution in [0.1, 0.15) is 39.3 Å². The minimum atomic E-state index is -0.216. The van der Waals surface area contributed by atoms with Crippen molar-refractivity contribution in [2.24, 2.45) is 5.41 Å². The first kappa shape index (κ1) is 13.7. The van der Waals surface area contributed by atoms with Crippen LogP contribution in [-0.4, -0.2) is 6.54 Å². The van der Waals surface area contributed by atoms with Gasteiger partial charge < -0.3 is 5.32 Å². The Balaban J connectivity index is 2.66. The van der Waals surface area contributed by atoms with Crippen LogP contribution >= 0.6 is 15.9 Å². The van der Waals surface area contributed by atoms with Gasteiger partial charge in [0, 0.05) is 12.6 Å². The normalized spacial score (nSPS) is 13.9. The van der Waals surface area contributed by atoms with E-state index in [1.165, 1.54) is 6.07 Å². The largest absolute Gasteiger partial charge is 0.310 e. The highest BCUT2D eigenvalue weighted by Crippen LogP contribution is 2.22. The van der Waals surface area contributed by atoms with E-state index < -0.39 is 0 Å². The van der Waals surface area contributed by atoms with E-state index in [9.17, 15) is 4.39 Å². The third-order valence-corrected chi connectivity index (χ3v) is 2.99. The highest BCUT2D eigenvalue weighted by Gasteiger charge is 2.13. The van der Waals surface area contributed by atoms with Crippen molar-refractivity contribution in [1.82, 2.24) is 5.32 Å². The van der Waals surface area contributed by atoms with Crippen LogP contribution in [0.15, 0.2) is 22.7 Å². The molecule has 1 aromatic rings. The topological polar surface area (TPSA) is 12.0 Å². The molecular weight excluding hydrogens is 269 g/mol. The first-order valence-corrected chi connectivity index (χ1v) is 6.27. The lowest BCUT2D eigenvalue weighted by Crippen LogP contribution is -2.29. The number of halogens is 2. The second-order valence-electron chi connectivity index (χ2n) is 5.34. The fraction of sp³-hybridized carbons (Fsp3) is 0.538. The third kappa shape index (κ3) is 4.22. The van der Waals surface area contributed by atoms with Gasteiger partial charge in [-0.25, -0.2) is 4.39 Å². The van der Waals surface area contributed by atoms with Gasteiger partial charge in [-0.3, -0.25) is 0 Å². The molecule has 0 aliphatic carbocycles. The first-order valence-electron chi connectivity index (χ1n) is 5.48. The Kier molecular flexibility index (Phi) is 4.51. The molecular formula is C13H19BrFN. The summed E-state index contributed by atoms with van der Waals surface area (Å²) in [5, 5.41) is 3.44. The fourth-order valence-corrected chi connectivity index (χ4v) is 1.76. The van der Waals surface area contributed by atoms with Crippen molar-refractivity contribution in [2.75, 3.05) is 6.54 Å². The first-order chi connectivity index (χ1) is 7.29. The molecule has 0 bridgehead atoms. The summed E-state index contributed by atoms with van der Waals surface area (Å²) in [6, 6.07) is 5.38. The monoisotopic (exact) mass is 287 g/mol. The van der Waals surface area contributed by atoms with Crippen LogP contribution in [0.4, 0.5) is 4.39 Å². The summed E-state index contributed by atoms with van der Waals surface area (Å²) < 4.78 is 13.6. The molecule has 1 N–H and O–H groups in total. The van der Waals surface area contributed by atoms with Crippen molar-refractivity contribution >= 4 is 15.9 Å². The number of benzene rings is 1. The van der Waals surface area contributed by atoms with E-state index in [4.69, 9.17) is 0 Å². The SMILES string of the molecule is CC(NCC(C)(C)C)c1ccc(F)c(Br)c1. The predicted molar refractivity (Wildman–Crippen MR) is 70.0 cm³/mol. The van der Waals surface area contributed by atoms with E-state index in [0.717, 1.165) is 12.1 Å². The molecule has 0 fully saturated rings. The van der Waals surface area contributed by atoms with Crippen molar-refractivity contribution in [3.63, 3.8) is 0 Å². The highest BCUT2D eigenvalue weighted by molar-refractivity contribution is 9.10. The zero-order chi connectivity index (χ0) is 12.3. The van der Waals surface area contributed by atoms with Crippen LogP contribution in [0.25, 0.3) is 0 Å². The summed E-state index contributed by atoms with van der Waals surface area (Å²) in [5.74, 6) is -0.216. The smallest absolute Gasteiger partial charge is 0.137 e. The molecule has 1 unspecified atom stereocenters. The van der Waals surface area contributed by atoms with Gasteiger partial charge in [0.25, 0.3) is 0 Å². The maximum Gasteiger partial charge on any atom is 0.137 e. The van der Waals surface area contributed by atoms with E-state index in [1.807, 2.05) is 12.1 Å². The van der Waals surface area contributed by atoms with Crippen molar-refractivity contribution in [2.45, 2.75) is 33.7 Å². The number of nitrogens with one attached hydrogen (secondary N) is 1. The molecule has 0 heterocycles. The Morgan fingerprint density at radius 2 is 2.00 bits per heavy atom. The van der Waals surface area contributed by atoms with Gasteiger partial charge in [-0.2, -0.15) is 0 Å². The number of hydrogen-bond donors (Lipinski definition) is 1. The quantitative estimate of drug-likeness (QED) is 0.875. The average Bonchev–Trinajstić information content (AvgIpc) is 2.17. The minimum Gasteiger partial charge on any atom is -0.310 e. The molecule has 0 aliphatic rings. The van der Waals surface area contributed by atoms with E-state index in [2.05, 4.69) is 48.9 Å². The molecule has 1 aromatic carbocycles. The fourth-order valence-electron chi connectivity index (χ4n) is 1.36. The molecule has 1 atom stereocenters. The van der Waals surface area contributed by atoms with Crippen molar-refractivity contribution in [1.29, 1.82) is 0 Å². The summed E-state index contributed by atoms with van der Waals surface area (Å²) in [6.07, 6.45) is 0. The molecule has 0 saturated heterocycles. The van der Waals surface area contributed by atoms with E-state index in [0.29, 0.717) is 4.47 Å². The summed E-state index contributed by atoms with van der Waals surface area (Å²) in [5.41, 5.74) is 1.35. The Labute approximate surface area is 106 Å². The Bertz CT molecular complexity index is 357. The average molecular weight is 288 g/mol. The van der Waals surface area contributed by atoms with Gasteiger partial charge in [-0.1, -0.05) is 26.8 Å². The molecule has 3 heteroatoms. The Morgan fingerprint density at radius 1 is 1.38 bits per heavy atom. The second kappa shape index (κ2) is 5.28. The van der Waals surface area contributed by atoms with Gasteiger partial charge in [0.1, 0.15) is 5.82 Å². The zero-order valence-corrected chi connectivity index (χ0v) is 11.9. The lowest BCUT2D eigenvalue weighted by Gasteiger charge is -2.23. The van der Waals surface area contributed by atoms with Crippen LogP contribution in [-0.2, 0) is 0 Å². The number of rotatable bonds is 3. The molecule has 1 nitrogen and oxygen atoms in total. The van der Waals surface area contributed by atoms with Crippen molar-refractivity contribution in [3.8, 4) is 0 Å². The minimum absolute atomic E-state index is 0.216. The maximum atomic E-state index is 13.1. The van der Waals surface area contributed by atoms with Gasteiger partial charge in [0.05, 0.1) is 4.47 Å². The zero-order valence-electron chi connectivity index (χ0n) is 10.3. The molecule has 16 heavy (non-hydrogen) atoms. The summed E-state index contributed by atoms with van der Waals surface area (Å²) in [4.78, 5) is 0. The van der Waals surface area contributed by atoms with Crippen molar-refractivity contribution < 1.29 is 4.39 Å². The third-order valence-electron chi connectivity index (χ3n) is 2.38. The van der Waals surface area contributed by atoms with Crippen molar-refractivity contribution in [3.05, 3.63) is 34.1 Å². The van der Waals surface area contributed by atoms with Gasteiger partial charge in [0.2, 0.25) is 0 Å². The van der Waals surface area contributed by atoms with Gasteiger partial charge in [-0.15, -0.1) is 0 Å². The standard InChI is InChI=1S/C13H19BrFN/c1-9(16-8-13(2,3)4)10-5-6-12(15)11(14)7-10/h5-7,9,16H,8H2,1-4H3. The lowest BCUT2D eigenvalue weighted by molar-refractivity contribution is 0.359. The molecule has 0 spiro atoms. The summed E-state index contributed by atoms with van der Waals surface area (Å²) >= 11 is 3.20. The van der Waals surface area contributed by atoms with Gasteiger partial charge >= 0.3 is 0 Å². The molecule has 0 radical (unpaired) electrons. The van der Waals surface area contributed by atoms with Crippen LogP contribution < -0.4 is 5.32 Å². The van der Waals surface area contributed by atoms with E-state index in [-0.39, 0.29) is 17.3 Å². The lowest BCUT2D eigenvalue weighted by atomic mass is 9.96. The molecule has 0 aromatic heterocycles. The van der Waals surface area contributed by atoms with Crippen LogP contribution in [0.2, 0.25) is 0 Å².